The van der Waals surface area contributed by atoms with Crippen molar-refractivity contribution < 1.29 is 4.79 Å². The molecule has 0 saturated heterocycles. The van der Waals surface area contributed by atoms with Crippen LogP contribution in [0.5, 0.6) is 0 Å². The molecule has 10 heavy (non-hydrogen) atoms. The van der Waals surface area contributed by atoms with Gasteiger partial charge in [0, 0.05) is 10.6 Å². The normalized spacial score (nSPS) is 9.30. The monoisotopic (exact) mass is 152 g/mol. The zero-order valence-electron chi connectivity index (χ0n) is 5.60. The van der Waals surface area contributed by atoms with Gasteiger partial charge >= 0.3 is 0 Å². The number of benzene rings is 1. The average Bonchev–Trinajstić information content (AvgIpc) is 1.88. The third-order valence-corrected chi connectivity index (χ3v) is 1.50. The van der Waals surface area contributed by atoms with Crippen molar-refractivity contribution in [1.29, 1.82) is 0 Å². The highest BCUT2D eigenvalue weighted by Crippen LogP contribution is 2.08. The minimum absolute atomic E-state index is 0.0664. The second kappa shape index (κ2) is 2.89. The predicted octanol–water partition coefficient (Wildman–Crippen LogP) is 1.11. The van der Waals surface area contributed by atoms with Crippen LogP contribution in [0.15, 0.2) is 24.3 Å². The summed E-state index contributed by atoms with van der Waals surface area (Å²) in [5.74, 6) is 0. The van der Waals surface area contributed by atoms with E-state index in [0.717, 1.165) is 0 Å². The largest absolute Gasteiger partial charge is 0.307 e. The van der Waals surface area contributed by atoms with Gasteiger partial charge in [0.2, 0.25) is 0 Å². The number of carbonyl (C=O) groups is 1. The van der Waals surface area contributed by atoms with Crippen molar-refractivity contribution in [2.45, 2.75) is 0 Å². The summed E-state index contributed by atoms with van der Waals surface area (Å²) in [6.45, 7) is 0. The molecule has 0 aromatic heterocycles. The summed E-state index contributed by atoms with van der Waals surface area (Å²) in [5.41, 5.74) is 0.765. The molecular formula is C7H6BClO. The maximum Gasteiger partial charge on any atom is 0.193 e. The van der Waals surface area contributed by atoms with Crippen molar-refractivity contribution in [1.82, 2.24) is 0 Å². The summed E-state index contributed by atoms with van der Waals surface area (Å²) in [5, 5.41) is 0.657. The maximum atomic E-state index is 10.7. The number of rotatable bonds is 1. The zero-order chi connectivity index (χ0) is 7.56. The fraction of sp³-hybridized carbons (Fsp3) is 0. The molecule has 0 amide bonds. The second-order valence-electron chi connectivity index (χ2n) is 2.06. The highest BCUT2D eigenvalue weighted by atomic mass is 35.5. The summed E-state index contributed by atoms with van der Waals surface area (Å²) < 4.78 is 0. The summed E-state index contributed by atoms with van der Waals surface area (Å²) in [4.78, 5) is 10.7. The quantitative estimate of drug-likeness (QED) is 0.551. The first-order valence-electron chi connectivity index (χ1n) is 2.96. The van der Waals surface area contributed by atoms with Gasteiger partial charge in [-0.05, 0) is 12.1 Å². The summed E-state index contributed by atoms with van der Waals surface area (Å²) >= 11 is 5.61. The Morgan fingerprint density at radius 1 is 1.30 bits per heavy atom. The molecule has 1 nitrogen and oxygen atoms in total. The first kappa shape index (κ1) is 7.35. The Bertz CT molecular complexity index is 242. The van der Waals surface area contributed by atoms with E-state index in [-0.39, 0.29) is 5.68 Å². The van der Waals surface area contributed by atoms with Crippen molar-refractivity contribution in [3.63, 3.8) is 0 Å². The lowest BCUT2D eigenvalue weighted by molar-refractivity contribution is 0.108. The molecule has 0 N–H and O–H groups in total. The van der Waals surface area contributed by atoms with E-state index in [0.29, 0.717) is 10.6 Å². The molecule has 0 fully saturated rings. The van der Waals surface area contributed by atoms with Crippen LogP contribution in [0.25, 0.3) is 0 Å². The van der Waals surface area contributed by atoms with Crippen molar-refractivity contribution in [3.8, 4) is 0 Å². The van der Waals surface area contributed by atoms with E-state index in [2.05, 4.69) is 0 Å². The van der Waals surface area contributed by atoms with Crippen LogP contribution in [0.2, 0.25) is 5.02 Å². The number of carbonyl (C=O) groups excluding carboxylic acids is 1. The Morgan fingerprint density at radius 2 is 1.80 bits per heavy atom. The fourth-order valence-electron chi connectivity index (χ4n) is 0.685. The molecule has 1 aromatic rings. The smallest absolute Gasteiger partial charge is 0.193 e. The SMILES string of the molecule is BC(=O)c1ccc(Cl)cc1. The molecular weight excluding hydrogens is 146 g/mol. The third-order valence-electron chi connectivity index (χ3n) is 1.25. The molecule has 0 spiro atoms. The minimum Gasteiger partial charge on any atom is -0.307 e. The molecule has 0 unspecified atom stereocenters. The Balaban J connectivity index is 3.00. The Morgan fingerprint density at radius 3 is 2.20 bits per heavy atom. The topological polar surface area (TPSA) is 17.1 Å². The van der Waals surface area contributed by atoms with E-state index in [1.807, 2.05) is 0 Å². The van der Waals surface area contributed by atoms with Crippen molar-refractivity contribution in [2.24, 2.45) is 0 Å². The summed E-state index contributed by atoms with van der Waals surface area (Å²) in [7, 11) is 1.53. The molecule has 0 atom stereocenters. The third kappa shape index (κ3) is 1.61. The van der Waals surface area contributed by atoms with Gasteiger partial charge in [-0.25, -0.2) is 0 Å². The van der Waals surface area contributed by atoms with Gasteiger partial charge in [0.1, 0.15) is 5.68 Å². The Hall–Kier alpha value is -0.755. The van der Waals surface area contributed by atoms with Crippen LogP contribution in [-0.2, 0) is 0 Å². The van der Waals surface area contributed by atoms with E-state index < -0.39 is 0 Å². The Labute approximate surface area is 65.4 Å². The molecule has 0 heterocycles. The molecule has 0 radical (unpaired) electrons. The van der Waals surface area contributed by atoms with Crippen LogP contribution < -0.4 is 0 Å². The lowest BCUT2D eigenvalue weighted by Crippen LogP contribution is -1.95. The van der Waals surface area contributed by atoms with Crippen molar-refractivity contribution in [2.75, 3.05) is 0 Å². The highest BCUT2D eigenvalue weighted by molar-refractivity contribution is 6.62. The average molecular weight is 152 g/mol. The molecule has 3 heteroatoms. The van der Waals surface area contributed by atoms with Crippen molar-refractivity contribution in [3.05, 3.63) is 34.9 Å². The van der Waals surface area contributed by atoms with Crippen LogP contribution in [0, 0.1) is 0 Å². The molecule has 0 saturated carbocycles. The molecule has 1 rings (SSSR count). The van der Waals surface area contributed by atoms with Gasteiger partial charge in [-0.15, -0.1) is 0 Å². The first-order chi connectivity index (χ1) is 4.70. The molecule has 0 aliphatic heterocycles. The predicted molar refractivity (Wildman–Crippen MR) is 44.3 cm³/mol. The van der Waals surface area contributed by atoms with Gasteiger partial charge in [0.05, 0.1) is 0 Å². The van der Waals surface area contributed by atoms with Gasteiger partial charge in [0.25, 0.3) is 0 Å². The van der Waals surface area contributed by atoms with Gasteiger partial charge < -0.3 is 4.79 Å². The number of hydrogen-bond acceptors (Lipinski definition) is 1. The van der Waals surface area contributed by atoms with Gasteiger partial charge in [-0.1, -0.05) is 23.7 Å². The second-order valence-corrected chi connectivity index (χ2v) is 2.50. The van der Waals surface area contributed by atoms with Crippen LogP contribution >= 0.6 is 11.6 Å². The van der Waals surface area contributed by atoms with E-state index >= 15 is 0 Å². The van der Waals surface area contributed by atoms with E-state index in [1.165, 1.54) is 7.85 Å². The zero-order valence-corrected chi connectivity index (χ0v) is 6.35. The summed E-state index contributed by atoms with van der Waals surface area (Å²) in [6, 6.07) is 6.84. The van der Waals surface area contributed by atoms with E-state index in [9.17, 15) is 4.79 Å². The van der Waals surface area contributed by atoms with Crippen LogP contribution in [0.3, 0.4) is 0 Å². The highest BCUT2D eigenvalue weighted by Gasteiger charge is 1.95. The molecule has 1 aromatic carbocycles. The molecule has 0 aliphatic carbocycles. The van der Waals surface area contributed by atoms with Gasteiger partial charge in [0.15, 0.2) is 7.85 Å². The molecule has 0 bridgehead atoms. The van der Waals surface area contributed by atoms with E-state index in [4.69, 9.17) is 11.6 Å². The summed E-state index contributed by atoms with van der Waals surface area (Å²) in [6.07, 6.45) is 0. The standard InChI is InChI=1S/C7H6BClO/c8-7(10)5-1-3-6(9)4-2-5/h1-4H,8H2. The van der Waals surface area contributed by atoms with E-state index in [1.54, 1.807) is 24.3 Å². The maximum absolute atomic E-state index is 10.7. The van der Waals surface area contributed by atoms with Crippen molar-refractivity contribution >= 4 is 25.1 Å². The number of halogens is 1. The van der Waals surface area contributed by atoms with Gasteiger partial charge in [-0.2, -0.15) is 0 Å². The molecule has 50 valence electrons. The first-order valence-corrected chi connectivity index (χ1v) is 3.34. The van der Waals surface area contributed by atoms with Crippen LogP contribution in [0.1, 0.15) is 10.4 Å². The fourth-order valence-corrected chi connectivity index (χ4v) is 0.811. The lowest BCUT2D eigenvalue weighted by atomic mass is 9.95. The van der Waals surface area contributed by atoms with Crippen LogP contribution in [-0.4, -0.2) is 13.5 Å². The number of hydrogen-bond donors (Lipinski definition) is 0. The van der Waals surface area contributed by atoms with Gasteiger partial charge in [-0.3, -0.25) is 0 Å². The Kier molecular flexibility index (Phi) is 2.12. The van der Waals surface area contributed by atoms with Crippen LogP contribution in [0.4, 0.5) is 0 Å². The molecule has 0 aliphatic rings. The lowest BCUT2D eigenvalue weighted by Gasteiger charge is -1.93. The minimum atomic E-state index is 0.0664.